The van der Waals surface area contributed by atoms with Gasteiger partial charge in [-0.05, 0) is 12.8 Å². The molecule has 1 aliphatic carbocycles. The van der Waals surface area contributed by atoms with Crippen LogP contribution >= 0.6 is 0 Å². The van der Waals surface area contributed by atoms with Gasteiger partial charge >= 0.3 is 0 Å². The van der Waals surface area contributed by atoms with Crippen LogP contribution in [0.1, 0.15) is 25.7 Å². The monoisotopic (exact) mass is 296 g/mol. The molecular formula is C15H24N2O4. The van der Waals surface area contributed by atoms with Crippen molar-refractivity contribution in [3.8, 4) is 0 Å². The van der Waals surface area contributed by atoms with Gasteiger partial charge in [0.25, 0.3) is 5.91 Å². The highest BCUT2D eigenvalue weighted by Crippen LogP contribution is 2.34. The Labute approximate surface area is 125 Å². The molecule has 2 saturated heterocycles. The van der Waals surface area contributed by atoms with E-state index in [4.69, 9.17) is 9.47 Å². The topological polar surface area (TPSA) is 59.1 Å². The third-order valence-corrected chi connectivity index (χ3v) is 4.89. The molecule has 3 fully saturated rings. The molecule has 0 radical (unpaired) electrons. The standard InChI is InChI=1S/C15H24N2O4/c1-20-15(14(19)17-8-10-21-11-9-17)4-6-16(7-5-15)13(18)12-2-3-12/h12H,2-11H2,1H3. The normalized spacial score (nSPS) is 25.8. The summed E-state index contributed by atoms with van der Waals surface area (Å²) >= 11 is 0. The van der Waals surface area contributed by atoms with Crippen molar-refractivity contribution in [2.75, 3.05) is 46.5 Å². The molecule has 0 unspecified atom stereocenters. The summed E-state index contributed by atoms with van der Waals surface area (Å²) in [6.07, 6.45) is 3.24. The van der Waals surface area contributed by atoms with Crippen molar-refractivity contribution >= 4 is 11.8 Å². The van der Waals surface area contributed by atoms with E-state index in [0.717, 1.165) is 12.8 Å². The molecule has 0 aromatic heterocycles. The van der Waals surface area contributed by atoms with Gasteiger partial charge in [-0.2, -0.15) is 0 Å². The number of hydrogen-bond donors (Lipinski definition) is 0. The molecule has 0 N–H and O–H groups in total. The van der Waals surface area contributed by atoms with E-state index in [1.165, 1.54) is 0 Å². The Morgan fingerprint density at radius 3 is 2.19 bits per heavy atom. The van der Waals surface area contributed by atoms with E-state index in [9.17, 15) is 9.59 Å². The molecule has 2 heterocycles. The van der Waals surface area contributed by atoms with Crippen LogP contribution in [-0.4, -0.2) is 73.7 Å². The summed E-state index contributed by atoms with van der Waals surface area (Å²) in [5.41, 5.74) is -0.752. The molecule has 3 aliphatic rings. The molecule has 21 heavy (non-hydrogen) atoms. The van der Waals surface area contributed by atoms with Crippen LogP contribution in [0.15, 0.2) is 0 Å². The minimum Gasteiger partial charge on any atom is -0.378 e. The minimum atomic E-state index is -0.752. The Hall–Kier alpha value is -1.14. The highest BCUT2D eigenvalue weighted by molar-refractivity contribution is 5.86. The second-order valence-corrected chi connectivity index (χ2v) is 6.20. The van der Waals surface area contributed by atoms with Crippen LogP contribution in [0.25, 0.3) is 0 Å². The Morgan fingerprint density at radius 1 is 1.05 bits per heavy atom. The number of hydrogen-bond acceptors (Lipinski definition) is 4. The van der Waals surface area contributed by atoms with Gasteiger partial charge in [0, 0.05) is 52.0 Å². The minimum absolute atomic E-state index is 0.0619. The number of likely N-dealkylation sites (tertiary alicyclic amines) is 1. The fourth-order valence-electron chi connectivity index (χ4n) is 3.24. The third-order valence-electron chi connectivity index (χ3n) is 4.89. The fourth-order valence-corrected chi connectivity index (χ4v) is 3.24. The van der Waals surface area contributed by atoms with Gasteiger partial charge in [-0.15, -0.1) is 0 Å². The van der Waals surface area contributed by atoms with Crippen LogP contribution in [0, 0.1) is 5.92 Å². The van der Waals surface area contributed by atoms with Crippen LogP contribution in [0.5, 0.6) is 0 Å². The maximum absolute atomic E-state index is 12.8. The molecular weight excluding hydrogens is 272 g/mol. The fraction of sp³-hybridized carbons (Fsp3) is 0.867. The molecule has 6 nitrogen and oxygen atoms in total. The van der Waals surface area contributed by atoms with Crippen molar-refractivity contribution in [2.45, 2.75) is 31.3 Å². The molecule has 118 valence electrons. The van der Waals surface area contributed by atoms with Crippen LogP contribution in [0.4, 0.5) is 0 Å². The average molecular weight is 296 g/mol. The van der Waals surface area contributed by atoms with Crippen molar-refractivity contribution in [3.63, 3.8) is 0 Å². The zero-order valence-electron chi connectivity index (χ0n) is 12.7. The van der Waals surface area contributed by atoms with Gasteiger partial charge in [-0.25, -0.2) is 0 Å². The van der Waals surface area contributed by atoms with Crippen molar-refractivity contribution < 1.29 is 19.1 Å². The van der Waals surface area contributed by atoms with E-state index in [1.54, 1.807) is 7.11 Å². The first-order chi connectivity index (χ1) is 10.2. The zero-order valence-corrected chi connectivity index (χ0v) is 12.7. The predicted octanol–water partition coefficient (Wildman–Crippen LogP) is 0.263. The number of rotatable bonds is 3. The molecule has 1 saturated carbocycles. The number of carbonyl (C=O) groups excluding carboxylic acids is 2. The summed E-state index contributed by atoms with van der Waals surface area (Å²) in [4.78, 5) is 28.6. The summed E-state index contributed by atoms with van der Waals surface area (Å²) in [5.74, 6) is 0.570. The van der Waals surface area contributed by atoms with Gasteiger partial charge in [0.05, 0.1) is 13.2 Å². The Bertz CT molecular complexity index is 408. The van der Waals surface area contributed by atoms with Crippen molar-refractivity contribution in [1.82, 2.24) is 9.80 Å². The first-order valence-electron chi connectivity index (χ1n) is 7.87. The van der Waals surface area contributed by atoms with Gasteiger partial charge in [0.15, 0.2) is 0 Å². The van der Waals surface area contributed by atoms with Crippen LogP contribution in [0.3, 0.4) is 0 Å². The number of morpholine rings is 1. The molecule has 0 aromatic rings. The maximum Gasteiger partial charge on any atom is 0.255 e. The van der Waals surface area contributed by atoms with E-state index in [-0.39, 0.29) is 17.7 Å². The first-order valence-corrected chi connectivity index (χ1v) is 7.87. The van der Waals surface area contributed by atoms with E-state index in [1.807, 2.05) is 9.80 Å². The average Bonchev–Trinajstić information content (AvgIpc) is 3.39. The summed E-state index contributed by atoms with van der Waals surface area (Å²) in [6.45, 7) is 3.71. The number of carbonyl (C=O) groups is 2. The molecule has 2 amide bonds. The summed E-state index contributed by atoms with van der Waals surface area (Å²) in [7, 11) is 1.61. The number of methoxy groups -OCH3 is 1. The van der Waals surface area contributed by atoms with Crippen LogP contribution in [-0.2, 0) is 19.1 Å². The zero-order chi connectivity index (χ0) is 14.9. The third kappa shape index (κ3) is 2.92. The summed E-state index contributed by atoms with van der Waals surface area (Å²) in [6, 6.07) is 0. The van der Waals surface area contributed by atoms with Crippen molar-refractivity contribution in [1.29, 1.82) is 0 Å². The Kier molecular flexibility index (Phi) is 4.17. The Balaban J connectivity index is 1.62. The molecule has 0 spiro atoms. The van der Waals surface area contributed by atoms with Gasteiger partial charge in [-0.3, -0.25) is 9.59 Å². The van der Waals surface area contributed by atoms with Gasteiger partial charge in [0.2, 0.25) is 5.91 Å². The highest BCUT2D eigenvalue weighted by Gasteiger charge is 2.46. The molecule has 6 heteroatoms. The number of amides is 2. The largest absolute Gasteiger partial charge is 0.378 e. The van der Waals surface area contributed by atoms with Crippen molar-refractivity contribution in [2.24, 2.45) is 5.92 Å². The van der Waals surface area contributed by atoms with E-state index < -0.39 is 5.60 Å². The number of nitrogens with zero attached hydrogens (tertiary/aromatic N) is 2. The lowest BCUT2D eigenvalue weighted by Crippen LogP contribution is -2.58. The molecule has 0 aromatic carbocycles. The summed E-state index contributed by atoms with van der Waals surface area (Å²) in [5, 5.41) is 0. The van der Waals surface area contributed by atoms with Crippen LogP contribution < -0.4 is 0 Å². The number of piperidine rings is 1. The second kappa shape index (κ2) is 5.93. The van der Waals surface area contributed by atoms with E-state index >= 15 is 0 Å². The molecule has 0 bridgehead atoms. The van der Waals surface area contributed by atoms with E-state index in [0.29, 0.717) is 52.2 Å². The maximum atomic E-state index is 12.8. The highest BCUT2D eigenvalue weighted by atomic mass is 16.5. The first kappa shape index (κ1) is 14.8. The smallest absolute Gasteiger partial charge is 0.255 e. The van der Waals surface area contributed by atoms with Crippen molar-refractivity contribution in [3.05, 3.63) is 0 Å². The molecule has 3 rings (SSSR count). The lowest BCUT2D eigenvalue weighted by atomic mass is 9.89. The second-order valence-electron chi connectivity index (χ2n) is 6.20. The summed E-state index contributed by atoms with van der Waals surface area (Å²) < 4.78 is 10.9. The SMILES string of the molecule is COC1(C(=O)N2CCOCC2)CCN(C(=O)C2CC2)CC1. The predicted molar refractivity (Wildman–Crippen MR) is 75.7 cm³/mol. The molecule has 0 atom stereocenters. The van der Waals surface area contributed by atoms with Gasteiger partial charge < -0.3 is 19.3 Å². The number of ether oxygens (including phenoxy) is 2. The Morgan fingerprint density at radius 2 is 1.67 bits per heavy atom. The van der Waals surface area contributed by atoms with Gasteiger partial charge in [0.1, 0.15) is 5.60 Å². The lowest BCUT2D eigenvalue weighted by Gasteiger charge is -2.43. The molecule has 2 aliphatic heterocycles. The quantitative estimate of drug-likeness (QED) is 0.750. The van der Waals surface area contributed by atoms with E-state index in [2.05, 4.69) is 0 Å². The van der Waals surface area contributed by atoms with Crippen LogP contribution in [0.2, 0.25) is 0 Å². The van der Waals surface area contributed by atoms with Gasteiger partial charge in [-0.1, -0.05) is 0 Å². The lowest BCUT2D eigenvalue weighted by molar-refractivity contribution is -0.167.